The van der Waals surface area contributed by atoms with Crippen molar-refractivity contribution in [2.75, 3.05) is 42.8 Å². The molecule has 1 heterocycles. The van der Waals surface area contributed by atoms with E-state index in [0.717, 1.165) is 35.7 Å². The molecular formula is C23H30N6O2. The highest BCUT2D eigenvalue weighted by atomic mass is 16.5. The molecule has 0 unspecified atom stereocenters. The number of hydrogen-bond donors (Lipinski definition) is 2. The average molecular weight is 423 g/mol. The molecule has 0 atom stereocenters. The zero-order valence-electron chi connectivity index (χ0n) is 18.6. The molecule has 0 amide bonds. The third-order valence-corrected chi connectivity index (χ3v) is 4.89. The Morgan fingerprint density at radius 2 is 1.10 bits per heavy atom. The van der Waals surface area contributed by atoms with Gasteiger partial charge in [-0.3, -0.25) is 0 Å². The summed E-state index contributed by atoms with van der Waals surface area (Å²) in [7, 11) is 3.32. The highest BCUT2D eigenvalue weighted by Crippen LogP contribution is 2.17. The Hall–Kier alpha value is -3.55. The van der Waals surface area contributed by atoms with Gasteiger partial charge in [-0.1, -0.05) is 24.3 Å². The van der Waals surface area contributed by atoms with E-state index in [4.69, 9.17) is 9.47 Å². The highest BCUT2D eigenvalue weighted by Gasteiger charge is 2.11. The molecule has 31 heavy (non-hydrogen) atoms. The molecule has 0 spiro atoms. The number of rotatable bonds is 11. The number of nitrogens with one attached hydrogen (secondary N) is 2. The van der Waals surface area contributed by atoms with Crippen LogP contribution in [-0.2, 0) is 13.1 Å². The zero-order valence-corrected chi connectivity index (χ0v) is 18.6. The van der Waals surface area contributed by atoms with Crippen LogP contribution in [0.25, 0.3) is 0 Å². The van der Waals surface area contributed by atoms with Crippen molar-refractivity contribution in [3.63, 3.8) is 0 Å². The fourth-order valence-electron chi connectivity index (χ4n) is 3.02. The quantitative estimate of drug-likeness (QED) is 0.480. The van der Waals surface area contributed by atoms with E-state index in [9.17, 15) is 0 Å². The predicted molar refractivity (Wildman–Crippen MR) is 124 cm³/mol. The highest BCUT2D eigenvalue weighted by molar-refractivity contribution is 5.44. The van der Waals surface area contributed by atoms with Gasteiger partial charge in [0.05, 0.1) is 14.2 Å². The van der Waals surface area contributed by atoms with Crippen molar-refractivity contribution < 1.29 is 9.47 Å². The molecule has 2 aromatic carbocycles. The number of aromatic nitrogens is 3. The summed E-state index contributed by atoms with van der Waals surface area (Å²) in [6.07, 6.45) is 0. The van der Waals surface area contributed by atoms with Gasteiger partial charge in [-0.2, -0.15) is 15.0 Å². The molecule has 2 N–H and O–H groups in total. The molecule has 164 valence electrons. The number of methoxy groups -OCH3 is 2. The minimum Gasteiger partial charge on any atom is -0.497 e. The van der Waals surface area contributed by atoms with Crippen molar-refractivity contribution >= 4 is 17.8 Å². The fraction of sp³-hybridized carbons (Fsp3) is 0.348. The Kier molecular flexibility index (Phi) is 7.86. The molecule has 0 saturated heterocycles. The van der Waals surface area contributed by atoms with E-state index in [1.54, 1.807) is 14.2 Å². The second-order valence-corrected chi connectivity index (χ2v) is 6.86. The molecule has 0 aliphatic rings. The summed E-state index contributed by atoms with van der Waals surface area (Å²) in [6.45, 7) is 7.00. The molecule has 0 saturated carbocycles. The van der Waals surface area contributed by atoms with E-state index >= 15 is 0 Å². The molecule has 3 rings (SSSR count). The Labute approximate surface area is 183 Å². The van der Waals surface area contributed by atoms with Crippen molar-refractivity contribution in [2.45, 2.75) is 26.9 Å². The molecule has 3 aromatic rings. The summed E-state index contributed by atoms with van der Waals surface area (Å²) in [4.78, 5) is 15.9. The first-order valence-corrected chi connectivity index (χ1v) is 10.4. The van der Waals surface area contributed by atoms with Gasteiger partial charge >= 0.3 is 0 Å². The van der Waals surface area contributed by atoms with E-state index in [-0.39, 0.29) is 0 Å². The normalized spacial score (nSPS) is 10.5. The second-order valence-electron chi connectivity index (χ2n) is 6.86. The maximum atomic E-state index is 5.22. The van der Waals surface area contributed by atoms with Crippen molar-refractivity contribution in [1.82, 2.24) is 15.0 Å². The smallest absolute Gasteiger partial charge is 0.231 e. The lowest BCUT2D eigenvalue weighted by atomic mass is 10.2. The average Bonchev–Trinajstić information content (AvgIpc) is 2.83. The lowest BCUT2D eigenvalue weighted by Gasteiger charge is -2.20. The van der Waals surface area contributed by atoms with Crippen molar-refractivity contribution in [1.29, 1.82) is 0 Å². The Morgan fingerprint density at radius 1 is 0.677 bits per heavy atom. The third kappa shape index (κ3) is 6.21. The number of hydrogen-bond acceptors (Lipinski definition) is 8. The van der Waals surface area contributed by atoms with E-state index in [2.05, 4.69) is 44.3 Å². The van der Waals surface area contributed by atoms with Crippen LogP contribution in [0, 0.1) is 0 Å². The van der Waals surface area contributed by atoms with Crippen LogP contribution in [0.2, 0.25) is 0 Å². The van der Waals surface area contributed by atoms with Crippen molar-refractivity contribution in [2.24, 2.45) is 0 Å². The summed E-state index contributed by atoms with van der Waals surface area (Å²) in [5.41, 5.74) is 2.22. The van der Waals surface area contributed by atoms with Gasteiger partial charge in [0.15, 0.2) is 0 Å². The molecule has 0 fully saturated rings. The number of ether oxygens (including phenoxy) is 2. The van der Waals surface area contributed by atoms with E-state index in [1.165, 1.54) is 0 Å². The van der Waals surface area contributed by atoms with Gasteiger partial charge in [0.2, 0.25) is 17.8 Å². The zero-order chi connectivity index (χ0) is 22.1. The molecule has 8 nitrogen and oxygen atoms in total. The molecule has 0 radical (unpaired) electrons. The number of benzene rings is 2. The van der Waals surface area contributed by atoms with Gasteiger partial charge in [0.1, 0.15) is 11.5 Å². The summed E-state index contributed by atoms with van der Waals surface area (Å²) < 4.78 is 10.4. The summed E-state index contributed by atoms with van der Waals surface area (Å²) >= 11 is 0. The number of nitrogens with zero attached hydrogens (tertiary/aromatic N) is 4. The van der Waals surface area contributed by atoms with Gasteiger partial charge < -0.3 is 25.0 Å². The van der Waals surface area contributed by atoms with Gasteiger partial charge in [0.25, 0.3) is 0 Å². The van der Waals surface area contributed by atoms with E-state index in [1.807, 2.05) is 48.5 Å². The van der Waals surface area contributed by atoms with Gasteiger partial charge in [-0.25, -0.2) is 0 Å². The summed E-state index contributed by atoms with van der Waals surface area (Å²) in [5, 5.41) is 6.62. The maximum absolute atomic E-state index is 5.22. The third-order valence-electron chi connectivity index (χ3n) is 4.89. The molecule has 0 bridgehead atoms. The Balaban J connectivity index is 1.74. The van der Waals surface area contributed by atoms with Gasteiger partial charge in [-0.05, 0) is 49.2 Å². The topological polar surface area (TPSA) is 84.4 Å². The second kappa shape index (κ2) is 11.0. The minimum atomic E-state index is 0.532. The Bertz CT molecular complexity index is 874. The van der Waals surface area contributed by atoms with Gasteiger partial charge in [-0.15, -0.1) is 0 Å². The molecule has 0 aliphatic carbocycles. The fourth-order valence-corrected chi connectivity index (χ4v) is 3.02. The minimum absolute atomic E-state index is 0.532. The van der Waals surface area contributed by atoms with Crippen LogP contribution >= 0.6 is 0 Å². The maximum Gasteiger partial charge on any atom is 0.231 e. The van der Waals surface area contributed by atoms with Crippen LogP contribution in [0.3, 0.4) is 0 Å². The molecule has 0 aliphatic heterocycles. The van der Waals surface area contributed by atoms with E-state index in [0.29, 0.717) is 30.9 Å². The monoisotopic (exact) mass is 422 g/mol. The first-order valence-electron chi connectivity index (χ1n) is 10.4. The summed E-state index contributed by atoms with van der Waals surface area (Å²) in [6, 6.07) is 15.8. The van der Waals surface area contributed by atoms with Crippen molar-refractivity contribution in [3.8, 4) is 11.5 Å². The van der Waals surface area contributed by atoms with Crippen LogP contribution in [0.5, 0.6) is 11.5 Å². The first-order chi connectivity index (χ1) is 15.1. The van der Waals surface area contributed by atoms with Crippen molar-refractivity contribution in [3.05, 3.63) is 59.7 Å². The van der Waals surface area contributed by atoms with Crippen LogP contribution < -0.4 is 25.0 Å². The van der Waals surface area contributed by atoms with Crippen LogP contribution in [0.15, 0.2) is 48.5 Å². The molecule has 8 heteroatoms. The lowest BCUT2D eigenvalue weighted by Crippen LogP contribution is -2.25. The van der Waals surface area contributed by atoms with Crippen LogP contribution in [0.4, 0.5) is 17.8 Å². The SMILES string of the molecule is CCN(CC)c1nc(NCc2ccc(OC)cc2)nc(NCc2ccc(OC)cc2)n1. The molecular weight excluding hydrogens is 392 g/mol. The molecule has 1 aromatic heterocycles. The largest absolute Gasteiger partial charge is 0.497 e. The summed E-state index contributed by atoms with van der Waals surface area (Å²) in [5.74, 6) is 3.37. The Morgan fingerprint density at radius 3 is 1.45 bits per heavy atom. The van der Waals surface area contributed by atoms with Crippen LogP contribution in [0.1, 0.15) is 25.0 Å². The van der Waals surface area contributed by atoms with Gasteiger partial charge in [0, 0.05) is 26.2 Å². The predicted octanol–water partition coefficient (Wildman–Crippen LogP) is 3.96. The van der Waals surface area contributed by atoms with E-state index < -0.39 is 0 Å². The first kappa shape index (κ1) is 22.1. The number of anilines is 3. The van der Waals surface area contributed by atoms with Crippen LogP contribution in [-0.4, -0.2) is 42.3 Å². The standard InChI is InChI=1S/C23H30N6O2/c1-5-29(6-2)23-27-21(24-15-17-7-11-19(30-3)12-8-17)26-22(28-23)25-16-18-9-13-20(31-4)14-10-18/h7-14H,5-6,15-16H2,1-4H3,(H2,24,25,26,27,28). The lowest BCUT2D eigenvalue weighted by molar-refractivity contribution is 0.414.